The first kappa shape index (κ1) is 18.9. The van der Waals surface area contributed by atoms with E-state index in [-0.39, 0.29) is 5.91 Å². The van der Waals surface area contributed by atoms with Crippen molar-refractivity contribution in [1.29, 1.82) is 0 Å². The van der Waals surface area contributed by atoms with Gasteiger partial charge >= 0.3 is 0 Å². The van der Waals surface area contributed by atoms with E-state index in [1.54, 1.807) is 13.3 Å². The molecule has 0 bridgehead atoms. The number of likely N-dealkylation sites (N-methyl/N-ethyl adjacent to an activating group) is 1. The van der Waals surface area contributed by atoms with E-state index < -0.39 is 6.04 Å². The number of ether oxygens (including phenoxy) is 1. The lowest BCUT2D eigenvalue weighted by molar-refractivity contribution is -0.118. The molecule has 1 heterocycles. The number of carbonyl (C=O) groups excluding carboxylic acids is 1. The predicted molar refractivity (Wildman–Crippen MR) is 107 cm³/mol. The molecule has 0 aliphatic carbocycles. The first-order valence-corrected chi connectivity index (χ1v) is 8.83. The van der Waals surface area contributed by atoms with Crippen molar-refractivity contribution in [3.8, 4) is 5.75 Å². The van der Waals surface area contributed by atoms with Crippen LogP contribution in [0.5, 0.6) is 5.75 Å². The maximum atomic E-state index is 13.0. The summed E-state index contributed by atoms with van der Waals surface area (Å²) in [6, 6.07) is 12.7. The fraction of sp³-hybridized carbons (Fsp3) is 0.300. The van der Waals surface area contributed by atoms with Crippen molar-refractivity contribution in [3.05, 3.63) is 54.2 Å². The Morgan fingerprint density at radius 1 is 1.26 bits per heavy atom. The van der Waals surface area contributed by atoms with Gasteiger partial charge in [0.25, 0.3) is 0 Å². The van der Waals surface area contributed by atoms with E-state index in [0.29, 0.717) is 6.54 Å². The van der Waals surface area contributed by atoms with Crippen LogP contribution in [-0.4, -0.2) is 55.3 Å². The van der Waals surface area contributed by atoms with Gasteiger partial charge in [-0.2, -0.15) is 5.10 Å². The SMILES string of the molecule is COc1cccc(C(NCCN(C)C)C(=O)Nc2ccc3[nH]ncc3c2)c1. The zero-order chi connectivity index (χ0) is 19.2. The standard InChI is InChI=1S/C20H25N5O2/c1-25(2)10-9-21-19(14-5-4-6-17(12-14)27-3)20(26)23-16-7-8-18-15(11-16)13-22-24-18/h4-8,11-13,19,21H,9-10H2,1-3H3,(H,22,24)(H,23,26). The van der Waals surface area contributed by atoms with Crippen LogP contribution < -0.4 is 15.4 Å². The molecule has 3 N–H and O–H groups in total. The summed E-state index contributed by atoms with van der Waals surface area (Å²) in [6.07, 6.45) is 1.74. The van der Waals surface area contributed by atoms with E-state index in [0.717, 1.165) is 34.4 Å². The Balaban J connectivity index is 1.80. The summed E-state index contributed by atoms with van der Waals surface area (Å²) in [5, 5.41) is 14.2. The van der Waals surface area contributed by atoms with Gasteiger partial charge in [0, 0.05) is 24.2 Å². The first-order chi connectivity index (χ1) is 13.1. The molecule has 0 aliphatic heterocycles. The zero-order valence-electron chi connectivity index (χ0n) is 15.8. The molecule has 3 aromatic rings. The third-order valence-corrected chi connectivity index (χ3v) is 4.30. The van der Waals surface area contributed by atoms with Crippen LogP contribution in [0.4, 0.5) is 5.69 Å². The van der Waals surface area contributed by atoms with Gasteiger partial charge in [-0.25, -0.2) is 0 Å². The molecule has 27 heavy (non-hydrogen) atoms. The summed E-state index contributed by atoms with van der Waals surface area (Å²) >= 11 is 0. The summed E-state index contributed by atoms with van der Waals surface area (Å²) in [5.74, 6) is 0.601. The Kier molecular flexibility index (Phi) is 6.05. The Morgan fingerprint density at radius 2 is 2.11 bits per heavy atom. The van der Waals surface area contributed by atoms with Crippen molar-refractivity contribution in [3.63, 3.8) is 0 Å². The second-order valence-electron chi connectivity index (χ2n) is 6.63. The fourth-order valence-electron chi connectivity index (χ4n) is 2.85. The third-order valence-electron chi connectivity index (χ3n) is 4.30. The monoisotopic (exact) mass is 367 g/mol. The smallest absolute Gasteiger partial charge is 0.246 e. The van der Waals surface area contributed by atoms with Gasteiger partial charge in [0.15, 0.2) is 0 Å². The van der Waals surface area contributed by atoms with Gasteiger partial charge in [-0.05, 0) is 50.0 Å². The van der Waals surface area contributed by atoms with Crippen LogP contribution >= 0.6 is 0 Å². The van der Waals surface area contributed by atoms with E-state index >= 15 is 0 Å². The number of nitrogens with zero attached hydrogens (tertiary/aromatic N) is 2. The topological polar surface area (TPSA) is 82.3 Å². The third kappa shape index (κ3) is 4.84. The second-order valence-corrected chi connectivity index (χ2v) is 6.63. The maximum absolute atomic E-state index is 13.0. The quantitative estimate of drug-likeness (QED) is 0.570. The molecule has 3 rings (SSSR count). The predicted octanol–water partition coefficient (Wildman–Crippen LogP) is 2.40. The lowest BCUT2D eigenvalue weighted by Gasteiger charge is -2.21. The number of rotatable bonds is 8. The molecule has 1 aromatic heterocycles. The minimum Gasteiger partial charge on any atom is -0.497 e. The van der Waals surface area contributed by atoms with E-state index in [2.05, 4.69) is 25.7 Å². The molecule has 0 aliphatic rings. The lowest BCUT2D eigenvalue weighted by atomic mass is 10.1. The molecule has 0 fully saturated rings. The second kappa shape index (κ2) is 8.66. The number of aromatic nitrogens is 2. The van der Waals surface area contributed by atoms with Crippen molar-refractivity contribution >= 4 is 22.5 Å². The normalized spacial score (nSPS) is 12.3. The Morgan fingerprint density at radius 3 is 2.89 bits per heavy atom. The Labute approximate surface area is 158 Å². The highest BCUT2D eigenvalue weighted by molar-refractivity contribution is 5.97. The van der Waals surface area contributed by atoms with Crippen LogP contribution in [0.15, 0.2) is 48.7 Å². The average Bonchev–Trinajstić information content (AvgIpc) is 3.12. The molecule has 0 radical (unpaired) electrons. The highest BCUT2D eigenvalue weighted by atomic mass is 16.5. The van der Waals surface area contributed by atoms with E-state index in [4.69, 9.17) is 4.74 Å². The molecule has 0 saturated carbocycles. The van der Waals surface area contributed by atoms with E-state index in [1.165, 1.54) is 0 Å². The first-order valence-electron chi connectivity index (χ1n) is 8.83. The van der Waals surface area contributed by atoms with Crippen LogP contribution in [0.2, 0.25) is 0 Å². The number of hydrogen-bond donors (Lipinski definition) is 3. The van der Waals surface area contributed by atoms with Crippen LogP contribution in [0.3, 0.4) is 0 Å². The Bertz CT molecular complexity index is 906. The number of benzene rings is 2. The molecule has 2 aromatic carbocycles. The zero-order valence-corrected chi connectivity index (χ0v) is 15.8. The average molecular weight is 367 g/mol. The van der Waals surface area contributed by atoms with E-state index in [9.17, 15) is 4.79 Å². The molecule has 1 amide bonds. The minimum atomic E-state index is -0.486. The van der Waals surface area contributed by atoms with Crippen molar-refractivity contribution < 1.29 is 9.53 Å². The molecule has 0 saturated heterocycles. The number of H-pyrrole nitrogens is 1. The number of aromatic amines is 1. The summed E-state index contributed by atoms with van der Waals surface area (Å²) < 4.78 is 5.31. The number of fused-ring (bicyclic) bond motifs is 1. The molecule has 1 unspecified atom stereocenters. The molecular formula is C20H25N5O2. The highest BCUT2D eigenvalue weighted by Crippen LogP contribution is 2.22. The maximum Gasteiger partial charge on any atom is 0.246 e. The van der Waals surface area contributed by atoms with Crippen molar-refractivity contribution in [2.75, 3.05) is 39.6 Å². The summed E-state index contributed by atoms with van der Waals surface area (Å²) in [6.45, 7) is 1.51. The summed E-state index contributed by atoms with van der Waals surface area (Å²) in [5.41, 5.74) is 2.52. The molecule has 7 nitrogen and oxygen atoms in total. The van der Waals surface area contributed by atoms with Gasteiger partial charge in [0.1, 0.15) is 11.8 Å². The molecule has 142 valence electrons. The van der Waals surface area contributed by atoms with Gasteiger partial charge in [0.05, 0.1) is 18.8 Å². The van der Waals surface area contributed by atoms with Crippen LogP contribution in [-0.2, 0) is 4.79 Å². The number of hydrogen-bond acceptors (Lipinski definition) is 5. The fourth-order valence-corrected chi connectivity index (χ4v) is 2.85. The van der Waals surface area contributed by atoms with Gasteiger partial charge < -0.3 is 20.3 Å². The van der Waals surface area contributed by atoms with Crippen molar-refractivity contribution in [1.82, 2.24) is 20.4 Å². The number of nitrogens with one attached hydrogen (secondary N) is 3. The number of methoxy groups -OCH3 is 1. The highest BCUT2D eigenvalue weighted by Gasteiger charge is 2.21. The summed E-state index contributed by atoms with van der Waals surface area (Å²) in [7, 11) is 5.62. The van der Waals surface area contributed by atoms with Crippen molar-refractivity contribution in [2.45, 2.75) is 6.04 Å². The minimum absolute atomic E-state index is 0.121. The van der Waals surface area contributed by atoms with Gasteiger partial charge in [-0.3, -0.25) is 9.89 Å². The Hall–Kier alpha value is -2.90. The van der Waals surface area contributed by atoms with Gasteiger partial charge in [0.2, 0.25) is 5.91 Å². The summed E-state index contributed by atoms with van der Waals surface area (Å²) in [4.78, 5) is 15.1. The number of carbonyl (C=O) groups is 1. The van der Waals surface area contributed by atoms with Crippen LogP contribution in [0.25, 0.3) is 10.9 Å². The number of amides is 1. The van der Waals surface area contributed by atoms with Gasteiger partial charge in [-0.1, -0.05) is 12.1 Å². The van der Waals surface area contributed by atoms with Crippen LogP contribution in [0, 0.1) is 0 Å². The lowest BCUT2D eigenvalue weighted by Crippen LogP contribution is -2.36. The molecule has 7 heteroatoms. The number of anilines is 1. The molecule has 0 spiro atoms. The largest absolute Gasteiger partial charge is 0.497 e. The van der Waals surface area contributed by atoms with Crippen LogP contribution in [0.1, 0.15) is 11.6 Å². The molecular weight excluding hydrogens is 342 g/mol. The molecule has 1 atom stereocenters. The van der Waals surface area contributed by atoms with E-state index in [1.807, 2.05) is 56.6 Å². The van der Waals surface area contributed by atoms with Crippen molar-refractivity contribution in [2.24, 2.45) is 0 Å². The van der Waals surface area contributed by atoms with Gasteiger partial charge in [-0.15, -0.1) is 0 Å².